The lowest BCUT2D eigenvalue weighted by Crippen LogP contribution is -2.34. The van der Waals surface area contributed by atoms with E-state index in [9.17, 15) is 9.90 Å². The fourth-order valence-electron chi connectivity index (χ4n) is 1.44. The van der Waals surface area contributed by atoms with E-state index in [1.54, 1.807) is 19.1 Å². The predicted molar refractivity (Wildman–Crippen MR) is 68.9 cm³/mol. The van der Waals surface area contributed by atoms with Gasteiger partial charge in [0, 0.05) is 10.9 Å². The molecule has 17 heavy (non-hydrogen) atoms. The van der Waals surface area contributed by atoms with Crippen molar-refractivity contribution in [2.24, 2.45) is 5.73 Å². The standard InChI is InChI=1S/C12H16BrNO3/c1-3-17-12(16)10(14)6-8-5-9(13)7(2)4-11(8)15/h4-5,10,15H,3,6,14H2,1-2H3. The Kier molecular flexibility index (Phi) is 4.96. The second-order valence-corrected chi connectivity index (χ2v) is 4.65. The van der Waals surface area contributed by atoms with Crippen molar-refractivity contribution in [3.63, 3.8) is 0 Å². The molecule has 0 fully saturated rings. The smallest absolute Gasteiger partial charge is 0.323 e. The summed E-state index contributed by atoms with van der Waals surface area (Å²) < 4.78 is 5.69. The molecule has 4 nitrogen and oxygen atoms in total. The maximum Gasteiger partial charge on any atom is 0.323 e. The first-order chi connectivity index (χ1) is 7.95. The minimum absolute atomic E-state index is 0.144. The van der Waals surface area contributed by atoms with E-state index in [-0.39, 0.29) is 12.2 Å². The van der Waals surface area contributed by atoms with Crippen molar-refractivity contribution in [2.75, 3.05) is 6.61 Å². The Hall–Kier alpha value is -1.07. The minimum atomic E-state index is -0.754. The van der Waals surface area contributed by atoms with E-state index in [0.717, 1.165) is 10.0 Å². The van der Waals surface area contributed by atoms with Crippen molar-refractivity contribution in [1.29, 1.82) is 0 Å². The molecule has 94 valence electrons. The Balaban J connectivity index is 2.81. The molecule has 5 heteroatoms. The molecule has 0 aliphatic carbocycles. The molecule has 1 rings (SSSR count). The number of rotatable bonds is 4. The van der Waals surface area contributed by atoms with Gasteiger partial charge in [-0.15, -0.1) is 0 Å². The van der Waals surface area contributed by atoms with Gasteiger partial charge in [0.1, 0.15) is 11.8 Å². The van der Waals surface area contributed by atoms with E-state index in [0.29, 0.717) is 12.2 Å². The first kappa shape index (κ1) is 14.0. The number of carbonyl (C=O) groups is 1. The topological polar surface area (TPSA) is 72.5 Å². The number of aryl methyl sites for hydroxylation is 1. The summed E-state index contributed by atoms with van der Waals surface area (Å²) in [5.74, 6) is -0.311. The molecule has 0 saturated carbocycles. The molecule has 0 spiro atoms. The first-order valence-corrected chi connectivity index (χ1v) is 6.15. The van der Waals surface area contributed by atoms with E-state index in [2.05, 4.69) is 15.9 Å². The van der Waals surface area contributed by atoms with Crippen LogP contribution in [0.1, 0.15) is 18.1 Å². The predicted octanol–water partition coefficient (Wildman–Crippen LogP) is 1.90. The molecule has 1 unspecified atom stereocenters. The first-order valence-electron chi connectivity index (χ1n) is 5.36. The second kappa shape index (κ2) is 6.02. The van der Waals surface area contributed by atoms with Crippen LogP contribution in [0.4, 0.5) is 0 Å². The second-order valence-electron chi connectivity index (χ2n) is 3.79. The Morgan fingerprint density at radius 1 is 1.59 bits per heavy atom. The van der Waals surface area contributed by atoms with E-state index < -0.39 is 12.0 Å². The number of phenols is 1. The summed E-state index contributed by atoms with van der Waals surface area (Å²) in [6.45, 7) is 3.90. The average Bonchev–Trinajstić information content (AvgIpc) is 2.26. The highest BCUT2D eigenvalue weighted by atomic mass is 79.9. The molecule has 1 atom stereocenters. The molecule has 0 aliphatic heterocycles. The Labute approximate surface area is 109 Å². The van der Waals surface area contributed by atoms with Crippen molar-refractivity contribution >= 4 is 21.9 Å². The number of ether oxygens (including phenoxy) is 1. The normalized spacial score (nSPS) is 12.2. The third kappa shape index (κ3) is 3.71. The maximum atomic E-state index is 11.4. The van der Waals surface area contributed by atoms with E-state index in [4.69, 9.17) is 10.5 Å². The molecular formula is C12H16BrNO3. The lowest BCUT2D eigenvalue weighted by molar-refractivity contribution is -0.144. The summed E-state index contributed by atoms with van der Waals surface area (Å²) in [5.41, 5.74) is 7.25. The van der Waals surface area contributed by atoms with Crippen LogP contribution in [-0.4, -0.2) is 23.7 Å². The summed E-state index contributed by atoms with van der Waals surface area (Å²) in [5, 5.41) is 9.75. The Morgan fingerprint density at radius 3 is 2.82 bits per heavy atom. The highest BCUT2D eigenvalue weighted by Crippen LogP contribution is 2.26. The van der Waals surface area contributed by atoms with Crippen molar-refractivity contribution in [2.45, 2.75) is 26.3 Å². The lowest BCUT2D eigenvalue weighted by Gasteiger charge is -2.12. The summed E-state index contributed by atoms with van der Waals surface area (Å²) >= 11 is 3.37. The van der Waals surface area contributed by atoms with Crippen LogP contribution in [0.5, 0.6) is 5.75 Å². The number of esters is 1. The number of aromatic hydroxyl groups is 1. The van der Waals surface area contributed by atoms with Crippen LogP contribution < -0.4 is 5.73 Å². The summed E-state index contributed by atoms with van der Waals surface area (Å²) in [7, 11) is 0. The van der Waals surface area contributed by atoms with Crippen LogP contribution >= 0.6 is 15.9 Å². The quantitative estimate of drug-likeness (QED) is 0.833. The number of carbonyl (C=O) groups excluding carboxylic acids is 1. The highest BCUT2D eigenvalue weighted by Gasteiger charge is 2.17. The number of halogens is 1. The molecule has 0 aliphatic rings. The zero-order chi connectivity index (χ0) is 13.0. The molecule has 1 aromatic rings. The monoisotopic (exact) mass is 301 g/mol. The average molecular weight is 302 g/mol. The number of benzene rings is 1. The van der Waals surface area contributed by atoms with Gasteiger partial charge in [-0.3, -0.25) is 4.79 Å². The maximum absolute atomic E-state index is 11.4. The van der Waals surface area contributed by atoms with Crippen molar-refractivity contribution in [3.05, 3.63) is 27.7 Å². The van der Waals surface area contributed by atoms with Crippen LogP contribution in [0.2, 0.25) is 0 Å². The summed E-state index contributed by atoms with van der Waals surface area (Å²) in [4.78, 5) is 11.4. The van der Waals surface area contributed by atoms with Gasteiger partial charge in [0.2, 0.25) is 0 Å². The molecule has 3 N–H and O–H groups in total. The molecule has 0 heterocycles. The van der Waals surface area contributed by atoms with Gasteiger partial charge in [0.25, 0.3) is 0 Å². The van der Waals surface area contributed by atoms with Gasteiger partial charge in [-0.25, -0.2) is 0 Å². The van der Waals surface area contributed by atoms with E-state index >= 15 is 0 Å². The van der Waals surface area contributed by atoms with Gasteiger partial charge in [-0.05, 0) is 37.1 Å². The van der Waals surface area contributed by atoms with Crippen molar-refractivity contribution in [1.82, 2.24) is 0 Å². The molecule has 1 aromatic carbocycles. The largest absolute Gasteiger partial charge is 0.508 e. The van der Waals surface area contributed by atoms with Crippen LogP contribution in [0, 0.1) is 6.92 Å². The fraction of sp³-hybridized carbons (Fsp3) is 0.417. The molecular weight excluding hydrogens is 286 g/mol. The third-order valence-corrected chi connectivity index (χ3v) is 3.24. The number of hydrogen-bond acceptors (Lipinski definition) is 4. The Bertz CT molecular complexity index is 420. The van der Waals surface area contributed by atoms with Crippen LogP contribution in [0.15, 0.2) is 16.6 Å². The van der Waals surface area contributed by atoms with Gasteiger partial charge in [0.15, 0.2) is 0 Å². The fourth-order valence-corrected chi connectivity index (χ4v) is 1.83. The number of hydrogen-bond donors (Lipinski definition) is 2. The van der Waals surface area contributed by atoms with Crippen LogP contribution in [0.25, 0.3) is 0 Å². The van der Waals surface area contributed by atoms with Gasteiger partial charge in [-0.2, -0.15) is 0 Å². The lowest BCUT2D eigenvalue weighted by atomic mass is 10.0. The highest BCUT2D eigenvalue weighted by molar-refractivity contribution is 9.10. The molecule has 0 bridgehead atoms. The SMILES string of the molecule is CCOC(=O)C(N)Cc1cc(Br)c(C)cc1O. The van der Waals surface area contributed by atoms with Gasteiger partial charge >= 0.3 is 5.97 Å². The third-order valence-electron chi connectivity index (χ3n) is 2.39. The molecule has 0 saturated heterocycles. The zero-order valence-corrected chi connectivity index (χ0v) is 11.5. The zero-order valence-electron chi connectivity index (χ0n) is 9.87. The molecule has 0 radical (unpaired) electrons. The van der Waals surface area contributed by atoms with E-state index in [1.165, 1.54) is 0 Å². The van der Waals surface area contributed by atoms with Crippen LogP contribution in [-0.2, 0) is 16.0 Å². The van der Waals surface area contributed by atoms with Gasteiger partial charge < -0.3 is 15.6 Å². The molecule has 0 amide bonds. The summed E-state index contributed by atoms with van der Waals surface area (Å²) in [6, 6.07) is 2.65. The molecule has 0 aromatic heterocycles. The van der Waals surface area contributed by atoms with Gasteiger partial charge in [-0.1, -0.05) is 15.9 Å². The van der Waals surface area contributed by atoms with Gasteiger partial charge in [0.05, 0.1) is 6.61 Å². The number of nitrogens with two attached hydrogens (primary N) is 1. The van der Waals surface area contributed by atoms with E-state index in [1.807, 2.05) is 6.92 Å². The Morgan fingerprint density at radius 2 is 2.24 bits per heavy atom. The van der Waals surface area contributed by atoms with Crippen LogP contribution in [0.3, 0.4) is 0 Å². The van der Waals surface area contributed by atoms with Crippen molar-refractivity contribution in [3.8, 4) is 5.75 Å². The van der Waals surface area contributed by atoms with Crippen molar-refractivity contribution < 1.29 is 14.6 Å². The number of phenolic OH excluding ortho intramolecular Hbond substituents is 1. The minimum Gasteiger partial charge on any atom is -0.508 e. The summed E-state index contributed by atoms with van der Waals surface area (Å²) in [6.07, 6.45) is 0.254.